The second-order valence-electron chi connectivity index (χ2n) is 6.36. The summed E-state index contributed by atoms with van der Waals surface area (Å²) in [6.07, 6.45) is 3.03. The Bertz CT molecular complexity index is 311. The number of carbonyl (C=O) groups excluding carboxylic acids is 1. The third-order valence-electron chi connectivity index (χ3n) is 4.03. The van der Waals surface area contributed by atoms with E-state index >= 15 is 0 Å². The van der Waals surface area contributed by atoms with Crippen LogP contribution in [0.5, 0.6) is 0 Å². The minimum absolute atomic E-state index is 0.263. The Morgan fingerprint density at radius 2 is 1.94 bits per heavy atom. The first kappa shape index (κ1) is 12.7. The van der Waals surface area contributed by atoms with Gasteiger partial charge in [-0.3, -0.25) is 4.90 Å². The number of rotatable bonds is 1. The molecule has 4 nitrogen and oxygen atoms in total. The Kier molecular flexibility index (Phi) is 2.89. The van der Waals surface area contributed by atoms with Gasteiger partial charge in [-0.15, -0.1) is 0 Å². The molecule has 17 heavy (non-hydrogen) atoms. The van der Waals surface area contributed by atoms with Crippen LogP contribution in [0, 0.1) is 0 Å². The molecule has 4 heteroatoms. The van der Waals surface area contributed by atoms with Gasteiger partial charge in [0.05, 0.1) is 11.6 Å². The Labute approximate surface area is 103 Å². The molecule has 2 aliphatic heterocycles. The molecule has 2 aliphatic rings. The molecule has 0 aliphatic carbocycles. The Morgan fingerprint density at radius 3 is 2.35 bits per heavy atom. The van der Waals surface area contributed by atoms with Gasteiger partial charge in [-0.1, -0.05) is 0 Å². The van der Waals surface area contributed by atoms with E-state index in [9.17, 15) is 9.90 Å². The van der Waals surface area contributed by atoms with E-state index in [0.29, 0.717) is 0 Å². The summed E-state index contributed by atoms with van der Waals surface area (Å²) in [6, 6.07) is 0.263. The molecule has 1 atom stereocenters. The highest BCUT2D eigenvalue weighted by Gasteiger charge is 2.57. The normalized spacial score (nSPS) is 33.9. The highest BCUT2D eigenvalue weighted by atomic mass is 16.6. The molecular weight excluding hydrogens is 218 g/mol. The van der Waals surface area contributed by atoms with E-state index in [1.165, 1.54) is 0 Å². The number of nitrogens with zero attached hydrogens (tertiary/aromatic N) is 1. The van der Waals surface area contributed by atoms with Crippen LogP contribution in [0.25, 0.3) is 0 Å². The lowest BCUT2D eigenvalue weighted by Crippen LogP contribution is -2.53. The van der Waals surface area contributed by atoms with Gasteiger partial charge in [-0.2, -0.15) is 0 Å². The number of aliphatic hydroxyl groups is 1. The van der Waals surface area contributed by atoms with Gasteiger partial charge in [0.2, 0.25) is 0 Å². The van der Waals surface area contributed by atoms with Gasteiger partial charge in [-0.05, 0) is 53.4 Å². The van der Waals surface area contributed by atoms with Crippen molar-refractivity contribution in [2.75, 3.05) is 0 Å². The summed E-state index contributed by atoms with van der Waals surface area (Å²) < 4.78 is 5.45. The molecule has 1 amide bonds. The highest BCUT2D eigenvalue weighted by Crippen LogP contribution is 2.48. The summed E-state index contributed by atoms with van der Waals surface area (Å²) >= 11 is 0. The number of fused-ring (bicyclic) bond motifs is 2. The predicted octanol–water partition coefficient (Wildman–Crippen LogP) is 2.30. The first-order chi connectivity index (χ1) is 7.76. The van der Waals surface area contributed by atoms with E-state index < -0.39 is 11.7 Å². The molecule has 2 heterocycles. The van der Waals surface area contributed by atoms with Gasteiger partial charge in [0, 0.05) is 6.04 Å². The Balaban J connectivity index is 2.18. The van der Waals surface area contributed by atoms with Gasteiger partial charge < -0.3 is 9.84 Å². The summed E-state index contributed by atoms with van der Waals surface area (Å²) in [6.45, 7) is 7.40. The van der Waals surface area contributed by atoms with E-state index in [1.54, 1.807) is 6.92 Å². The summed E-state index contributed by atoms with van der Waals surface area (Å²) in [5.74, 6) is 0. The standard InChI is InChI=1S/C13H23NO3/c1-9(15)13-7-5-10(6-8-13)14(13)11(16)17-12(2,3)4/h9-10,15H,5-8H2,1-4H3/t9?,10-,13+. The molecule has 0 aromatic carbocycles. The molecule has 1 N–H and O–H groups in total. The number of ether oxygens (including phenoxy) is 1. The lowest BCUT2D eigenvalue weighted by molar-refractivity contribution is -0.0207. The van der Waals surface area contributed by atoms with Crippen molar-refractivity contribution < 1.29 is 14.6 Å². The molecule has 1 unspecified atom stereocenters. The van der Waals surface area contributed by atoms with Gasteiger partial charge in [0.15, 0.2) is 0 Å². The molecule has 0 aromatic rings. The van der Waals surface area contributed by atoms with Crippen LogP contribution in [0.15, 0.2) is 0 Å². The number of hydrogen-bond acceptors (Lipinski definition) is 3. The maximum atomic E-state index is 12.2. The lowest BCUT2D eigenvalue weighted by Gasteiger charge is -2.38. The van der Waals surface area contributed by atoms with Crippen molar-refractivity contribution in [3.05, 3.63) is 0 Å². The van der Waals surface area contributed by atoms with E-state index in [2.05, 4.69) is 0 Å². The monoisotopic (exact) mass is 241 g/mol. The van der Waals surface area contributed by atoms with Crippen LogP contribution in [0.4, 0.5) is 4.79 Å². The van der Waals surface area contributed by atoms with Crippen molar-refractivity contribution in [1.29, 1.82) is 0 Å². The Morgan fingerprint density at radius 1 is 1.41 bits per heavy atom. The number of aliphatic hydroxyl groups excluding tert-OH is 1. The zero-order valence-electron chi connectivity index (χ0n) is 11.2. The summed E-state index contributed by atoms with van der Waals surface area (Å²) in [5.41, 5.74) is -0.841. The topological polar surface area (TPSA) is 49.8 Å². The van der Waals surface area contributed by atoms with Gasteiger partial charge in [-0.25, -0.2) is 4.79 Å². The average Bonchev–Trinajstić information content (AvgIpc) is 2.70. The molecular formula is C13H23NO3. The van der Waals surface area contributed by atoms with Gasteiger partial charge >= 0.3 is 6.09 Å². The summed E-state index contributed by atoms with van der Waals surface area (Å²) in [4.78, 5) is 14.0. The fourth-order valence-electron chi connectivity index (χ4n) is 3.23. The van der Waals surface area contributed by atoms with Crippen molar-refractivity contribution in [3.63, 3.8) is 0 Å². The van der Waals surface area contributed by atoms with Crippen LogP contribution in [0.1, 0.15) is 53.4 Å². The fourth-order valence-corrected chi connectivity index (χ4v) is 3.23. The summed E-state index contributed by atoms with van der Waals surface area (Å²) in [5, 5.41) is 10.00. The van der Waals surface area contributed by atoms with Crippen molar-refractivity contribution in [3.8, 4) is 0 Å². The third kappa shape index (κ3) is 2.03. The minimum Gasteiger partial charge on any atom is -0.444 e. The van der Waals surface area contributed by atoms with Gasteiger partial charge in [0.25, 0.3) is 0 Å². The molecule has 0 saturated carbocycles. The van der Waals surface area contributed by atoms with E-state index in [1.807, 2.05) is 25.7 Å². The van der Waals surface area contributed by atoms with Crippen molar-refractivity contribution in [2.45, 2.75) is 76.7 Å². The Hall–Kier alpha value is -0.770. The zero-order valence-corrected chi connectivity index (χ0v) is 11.2. The van der Waals surface area contributed by atoms with Crippen LogP contribution in [-0.4, -0.2) is 39.4 Å². The molecule has 98 valence electrons. The van der Waals surface area contributed by atoms with E-state index in [-0.39, 0.29) is 17.7 Å². The molecule has 2 fully saturated rings. The second kappa shape index (κ2) is 3.87. The largest absolute Gasteiger partial charge is 0.444 e. The maximum Gasteiger partial charge on any atom is 0.411 e. The number of carbonyl (C=O) groups is 1. The molecule has 0 radical (unpaired) electrons. The van der Waals surface area contributed by atoms with Crippen molar-refractivity contribution in [2.24, 2.45) is 0 Å². The first-order valence-corrected chi connectivity index (χ1v) is 6.47. The number of amides is 1. The van der Waals surface area contributed by atoms with Crippen LogP contribution < -0.4 is 0 Å². The molecule has 0 spiro atoms. The third-order valence-corrected chi connectivity index (χ3v) is 4.03. The van der Waals surface area contributed by atoms with E-state index in [4.69, 9.17) is 4.74 Å². The van der Waals surface area contributed by atoms with Crippen LogP contribution in [0.2, 0.25) is 0 Å². The summed E-state index contributed by atoms with van der Waals surface area (Å²) in [7, 11) is 0. The van der Waals surface area contributed by atoms with Crippen molar-refractivity contribution in [1.82, 2.24) is 4.90 Å². The van der Waals surface area contributed by atoms with Gasteiger partial charge in [0.1, 0.15) is 5.60 Å². The lowest BCUT2D eigenvalue weighted by atomic mass is 9.84. The van der Waals surface area contributed by atoms with E-state index in [0.717, 1.165) is 25.7 Å². The van der Waals surface area contributed by atoms with Crippen LogP contribution in [-0.2, 0) is 4.74 Å². The first-order valence-electron chi connectivity index (χ1n) is 6.47. The van der Waals surface area contributed by atoms with Crippen molar-refractivity contribution >= 4 is 6.09 Å². The molecule has 0 aromatic heterocycles. The van der Waals surface area contributed by atoms with Crippen LogP contribution in [0.3, 0.4) is 0 Å². The second-order valence-corrected chi connectivity index (χ2v) is 6.36. The average molecular weight is 241 g/mol. The molecule has 2 rings (SSSR count). The predicted molar refractivity (Wildman–Crippen MR) is 64.7 cm³/mol. The SMILES string of the molecule is CC(O)[C@]12CC[C@H](CC1)N2C(=O)OC(C)(C)C. The van der Waals surface area contributed by atoms with Crippen LogP contribution >= 0.6 is 0 Å². The zero-order chi connectivity index (χ0) is 12.8. The smallest absolute Gasteiger partial charge is 0.411 e. The maximum absolute atomic E-state index is 12.2. The number of hydrogen-bond donors (Lipinski definition) is 1. The fraction of sp³-hybridized carbons (Fsp3) is 0.923. The highest BCUT2D eigenvalue weighted by molar-refractivity contribution is 5.71. The molecule has 2 bridgehead atoms. The minimum atomic E-state index is -0.484. The molecule has 2 saturated heterocycles. The quantitative estimate of drug-likeness (QED) is 0.766.